The molecule has 24 heavy (non-hydrogen) atoms. The highest BCUT2D eigenvalue weighted by Gasteiger charge is 2.33. The van der Waals surface area contributed by atoms with Crippen LogP contribution in [0.15, 0.2) is 35.2 Å². The van der Waals surface area contributed by atoms with Gasteiger partial charge < -0.3 is 14.6 Å². The highest BCUT2D eigenvalue weighted by molar-refractivity contribution is 5.89. The summed E-state index contributed by atoms with van der Waals surface area (Å²) in [4.78, 5) is 14.6. The molecule has 0 aromatic carbocycles. The summed E-state index contributed by atoms with van der Waals surface area (Å²) in [6.45, 7) is 9.17. The lowest BCUT2D eigenvalue weighted by Gasteiger charge is -2.37. The van der Waals surface area contributed by atoms with Crippen molar-refractivity contribution >= 4 is 11.7 Å². The lowest BCUT2D eigenvalue weighted by atomic mass is 9.91. The number of hydrogen-bond donors (Lipinski definition) is 1. The Labute approximate surface area is 142 Å². The average Bonchev–Trinajstić information content (AvgIpc) is 3.17. The van der Waals surface area contributed by atoms with Crippen molar-refractivity contribution in [1.29, 1.82) is 0 Å². The molecule has 0 unspecified atom stereocenters. The van der Waals surface area contributed by atoms with Gasteiger partial charge in [-0.25, -0.2) is 4.79 Å². The third kappa shape index (κ3) is 3.47. The van der Waals surface area contributed by atoms with Gasteiger partial charge in [-0.1, -0.05) is 6.92 Å². The molecule has 1 saturated heterocycles. The molecule has 2 aromatic heterocycles. The maximum absolute atomic E-state index is 12.8. The van der Waals surface area contributed by atoms with Crippen molar-refractivity contribution in [3.05, 3.63) is 36.5 Å². The van der Waals surface area contributed by atoms with Gasteiger partial charge in [-0.15, -0.1) is 0 Å². The van der Waals surface area contributed by atoms with Crippen LogP contribution in [0.2, 0.25) is 0 Å². The molecule has 2 amide bonds. The number of furan rings is 1. The fourth-order valence-electron chi connectivity index (χ4n) is 3.08. The number of aromatic nitrogens is 2. The van der Waals surface area contributed by atoms with Crippen LogP contribution in [0.5, 0.6) is 0 Å². The van der Waals surface area contributed by atoms with Crippen LogP contribution in [0.4, 0.5) is 10.5 Å². The second-order valence-corrected chi connectivity index (χ2v) is 7.63. The topological polar surface area (TPSA) is 63.3 Å². The Balaban J connectivity index is 1.74. The largest absolute Gasteiger partial charge is 0.467 e. The third-order valence-electron chi connectivity index (χ3n) is 4.52. The number of carbonyl (C=O) groups is 1. The Bertz CT molecular complexity index is 684. The molecule has 1 aliphatic rings. The number of piperidine rings is 1. The van der Waals surface area contributed by atoms with E-state index in [4.69, 9.17) is 4.42 Å². The number of anilines is 1. The van der Waals surface area contributed by atoms with Gasteiger partial charge >= 0.3 is 6.03 Å². The number of rotatable bonds is 2. The number of nitrogens with zero attached hydrogens (tertiary/aromatic N) is 3. The first kappa shape index (κ1) is 16.6. The smallest absolute Gasteiger partial charge is 0.322 e. The van der Waals surface area contributed by atoms with Crippen LogP contribution in [0.25, 0.3) is 0 Å². The first-order valence-corrected chi connectivity index (χ1v) is 8.51. The number of likely N-dealkylation sites (tertiary alicyclic amines) is 1. The summed E-state index contributed by atoms with van der Waals surface area (Å²) < 4.78 is 7.41. The van der Waals surface area contributed by atoms with Crippen LogP contribution >= 0.6 is 0 Å². The number of hydrogen-bond acceptors (Lipinski definition) is 3. The molecule has 2 aromatic rings. The monoisotopic (exact) mass is 330 g/mol. The lowest BCUT2D eigenvalue weighted by molar-refractivity contribution is 0.129. The molecule has 6 nitrogen and oxygen atoms in total. The molecule has 1 fully saturated rings. The molecule has 2 atom stereocenters. The van der Waals surface area contributed by atoms with Gasteiger partial charge in [0.1, 0.15) is 5.76 Å². The van der Waals surface area contributed by atoms with Crippen LogP contribution in [0, 0.1) is 5.92 Å². The Morgan fingerprint density at radius 1 is 1.42 bits per heavy atom. The van der Waals surface area contributed by atoms with E-state index < -0.39 is 0 Å². The minimum atomic E-state index is -0.111. The summed E-state index contributed by atoms with van der Waals surface area (Å²) in [5.74, 6) is 1.43. The first-order valence-electron chi connectivity index (χ1n) is 8.51. The predicted molar refractivity (Wildman–Crippen MR) is 92.8 cm³/mol. The Hall–Kier alpha value is -2.24. The maximum Gasteiger partial charge on any atom is 0.322 e. The van der Waals surface area contributed by atoms with Gasteiger partial charge in [0.05, 0.1) is 29.7 Å². The number of carbonyl (C=O) groups excluding carboxylic acids is 1. The van der Waals surface area contributed by atoms with Gasteiger partial charge in [-0.2, -0.15) is 5.10 Å². The fraction of sp³-hybridized carbons (Fsp3) is 0.556. The standard InChI is InChI=1S/C18H26N4O2/c1-13-7-8-21(15(10-13)16-6-5-9-24-16)17(23)20-14-11-19-22(12-14)18(2,3)4/h5-6,9,11-13,15H,7-8,10H2,1-4H3,(H,20,23)/t13-,15-/m0/s1. The van der Waals surface area contributed by atoms with Gasteiger partial charge in [0.15, 0.2) is 0 Å². The normalized spacial score (nSPS) is 21.8. The number of urea groups is 1. The highest BCUT2D eigenvalue weighted by atomic mass is 16.3. The summed E-state index contributed by atoms with van der Waals surface area (Å²) in [6, 6.07) is 3.71. The maximum atomic E-state index is 12.8. The second-order valence-electron chi connectivity index (χ2n) is 7.63. The zero-order valence-electron chi connectivity index (χ0n) is 14.8. The van der Waals surface area contributed by atoms with Gasteiger partial charge in [0.2, 0.25) is 0 Å². The predicted octanol–water partition coefficient (Wildman–Crippen LogP) is 4.24. The minimum Gasteiger partial charge on any atom is -0.467 e. The lowest BCUT2D eigenvalue weighted by Crippen LogP contribution is -2.42. The van der Waals surface area contributed by atoms with E-state index in [1.165, 1.54) is 0 Å². The first-order chi connectivity index (χ1) is 11.3. The van der Waals surface area contributed by atoms with Gasteiger partial charge in [0, 0.05) is 12.7 Å². The molecular formula is C18H26N4O2. The van der Waals surface area contributed by atoms with Gasteiger partial charge in [-0.3, -0.25) is 4.68 Å². The van der Waals surface area contributed by atoms with E-state index in [9.17, 15) is 4.79 Å². The summed E-state index contributed by atoms with van der Waals surface area (Å²) >= 11 is 0. The second kappa shape index (κ2) is 6.34. The summed E-state index contributed by atoms with van der Waals surface area (Å²) in [7, 11) is 0. The van der Waals surface area contributed by atoms with Crippen molar-refractivity contribution in [1.82, 2.24) is 14.7 Å². The van der Waals surface area contributed by atoms with E-state index in [-0.39, 0.29) is 17.6 Å². The summed E-state index contributed by atoms with van der Waals surface area (Å²) in [5.41, 5.74) is 0.604. The molecule has 1 aliphatic heterocycles. The molecule has 0 aliphatic carbocycles. The zero-order chi connectivity index (χ0) is 17.3. The molecule has 0 radical (unpaired) electrons. The SMILES string of the molecule is C[C@H]1CCN(C(=O)Nc2cnn(C(C)(C)C)c2)[C@H](c2ccco2)C1. The van der Waals surface area contributed by atoms with E-state index in [1.807, 2.05) is 27.9 Å². The minimum absolute atomic E-state index is 0.0126. The van der Waals surface area contributed by atoms with E-state index in [1.54, 1.807) is 12.5 Å². The van der Waals surface area contributed by atoms with E-state index in [0.29, 0.717) is 11.6 Å². The molecule has 1 N–H and O–H groups in total. The van der Waals surface area contributed by atoms with Crippen molar-refractivity contribution in [3.63, 3.8) is 0 Å². The molecule has 0 spiro atoms. The van der Waals surface area contributed by atoms with Gasteiger partial charge in [0.25, 0.3) is 0 Å². The van der Waals surface area contributed by atoms with Crippen molar-refractivity contribution in [3.8, 4) is 0 Å². The quantitative estimate of drug-likeness (QED) is 0.896. The van der Waals surface area contributed by atoms with E-state index in [0.717, 1.165) is 25.1 Å². The van der Waals surface area contributed by atoms with E-state index in [2.05, 4.69) is 38.1 Å². The Kier molecular flexibility index (Phi) is 4.39. The highest BCUT2D eigenvalue weighted by Crippen LogP contribution is 2.34. The van der Waals surface area contributed by atoms with Crippen molar-refractivity contribution < 1.29 is 9.21 Å². The number of nitrogens with one attached hydrogen (secondary N) is 1. The fourth-order valence-corrected chi connectivity index (χ4v) is 3.08. The van der Waals surface area contributed by atoms with Crippen LogP contribution < -0.4 is 5.32 Å². The van der Waals surface area contributed by atoms with Crippen LogP contribution in [0.1, 0.15) is 52.3 Å². The molecule has 130 valence electrons. The van der Waals surface area contributed by atoms with E-state index >= 15 is 0 Å². The summed E-state index contributed by atoms with van der Waals surface area (Å²) in [6.07, 6.45) is 7.15. The molecule has 3 heterocycles. The number of amides is 2. The Morgan fingerprint density at radius 3 is 2.83 bits per heavy atom. The van der Waals surface area contributed by atoms with Crippen LogP contribution in [-0.2, 0) is 5.54 Å². The van der Waals surface area contributed by atoms with Crippen molar-refractivity contribution in [2.45, 2.75) is 52.1 Å². The molecule has 3 rings (SSSR count). The molecular weight excluding hydrogens is 304 g/mol. The Morgan fingerprint density at radius 2 is 2.21 bits per heavy atom. The zero-order valence-corrected chi connectivity index (χ0v) is 14.8. The molecule has 6 heteroatoms. The molecule has 0 bridgehead atoms. The molecule has 0 saturated carbocycles. The van der Waals surface area contributed by atoms with Crippen molar-refractivity contribution in [2.24, 2.45) is 5.92 Å². The third-order valence-corrected chi connectivity index (χ3v) is 4.52. The van der Waals surface area contributed by atoms with Crippen LogP contribution in [0.3, 0.4) is 0 Å². The summed E-state index contributed by atoms with van der Waals surface area (Å²) in [5, 5.41) is 7.30. The van der Waals surface area contributed by atoms with Crippen molar-refractivity contribution in [2.75, 3.05) is 11.9 Å². The average molecular weight is 330 g/mol. The van der Waals surface area contributed by atoms with Gasteiger partial charge in [-0.05, 0) is 51.7 Å². The van der Waals surface area contributed by atoms with Crippen LogP contribution in [-0.4, -0.2) is 27.3 Å².